The zero-order valence-corrected chi connectivity index (χ0v) is 13.8. The van der Waals surface area contributed by atoms with Crippen LogP contribution < -0.4 is 4.72 Å². The molecule has 112 valence electrons. The number of hydrogen-bond acceptors (Lipinski definition) is 6. The summed E-state index contributed by atoms with van der Waals surface area (Å²) in [4.78, 5) is 22.1. The monoisotopic (exact) mass is 385 g/mol. The Morgan fingerprint density at radius 3 is 2.60 bits per heavy atom. The van der Waals surface area contributed by atoms with E-state index in [1.807, 2.05) is 0 Å². The van der Waals surface area contributed by atoms with E-state index in [1.165, 1.54) is 7.11 Å². The third kappa shape index (κ3) is 3.78. The van der Waals surface area contributed by atoms with Gasteiger partial charge < -0.3 is 9.84 Å². The van der Waals surface area contributed by atoms with Gasteiger partial charge in [0.1, 0.15) is 15.8 Å². The van der Waals surface area contributed by atoms with Crippen LogP contribution in [0.3, 0.4) is 0 Å². The van der Waals surface area contributed by atoms with Crippen LogP contribution in [0.5, 0.6) is 0 Å². The van der Waals surface area contributed by atoms with Gasteiger partial charge in [0, 0.05) is 0 Å². The molecule has 7 nitrogen and oxygen atoms in total. The summed E-state index contributed by atoms with van der Waals surface area (Å²) in [5.74, 6) is -1.93. The van der Waals surface area contributed by atoms with Gasteiger partial charge in [0.2, 0.25) is 10.0 Å². The summed E-state index contributed by atoms with van der Waals surface area (Å²) in [6.45, 7) is 1.55. The second kappa shape index (κ2) is 6.66. The van der Waals surface area contributed by atoms with Crippen molar-refractivity contribution in [1.29, 1.82) is 0 Å². The van der Waals surface area contributed by atoms with Crippen molar-refractivity contribution < 1.29 is 27.9 Å². The summed E-state index contributed by atoms with van der Waals surface area (Å²) in [6.07, 6.45) is 0.0974. The van der Waals surface area contributed by atoms with Crippen LogP contribution in [0.15, 0.2) is 14.7 Å². The molecule has 0 amide bonds. The topological polar surface area (TPSA) is 110 Å². The fourth-order valence-corrected chi connectivity index (χ4v) is 5.05. The number of rotatable bonds is 6. The van der Waals surface area contributed by atoms with Gasteiger partial charge in [0.15, 0.2) is 0 Å². The maximum absolute atomic E-state index is 12.1. The van der Waals surface area contributed by atoms with Crippen molar-refractivity contribution in [2.45, 2.75) is 24.3 Å². The van der Waals surface area contributed by atoms with Gasteiger partial charge in [0.05, 0.1) is 10.9 Å². The standard InChI is InChI=1S/C10H12BrNO6S2/c1-3-5(9(13)14)12-20(16,17)7-4-6(10(15)18-2)19-8(7)11/h4-5,12H,3H2,1-2H3,(H,13,14). The van der Waals surface area contributed by atoms with Crippen molar-refractivity contribution in [1.82, 2.24) is 4.72 Å². The zero-order chi connectivity index (χ0) is 15.5. The van der Waals surface area contributed by atoms with Gasteiger partial charge in [-0.05, 0) is 28.4 Å². The third-order valence-electron chi connectivity index (χ3n) is 2.34. The second-order valence-electron chi connectivity index (χ2n) is 3.66. The molecule has 1 aromatic heterocycles. The molecule has 0 spiro atoms. The number of carbonyl (C=O) groups is 2. The minimum absolute atomic E-state index is 0.0974. The molecular weight excluding hydrogens is 374 g/mol. The minimum Gasteiger partial charge on any atom is -0.480 e. The van der Waals surface area contributed by atoms with Crippen molar-refractivity contribution >= 4 is 49.2 Å². The van der Waals surface area contributed by atoms with Crippen LogP contribution in [0, 0.1) is 0 Å². The fraction of sp³-hybridized carbons (Fsp3) is 0.400. The van der Waals surface area contributed by atoms with Gasteiger partial charge in [-0.15, -0.1) is 11.3 Å². The lowest BCUT2D eigenvalue weighted by atomic mass is 10.2. The number of hydrogen-bond donors (Lipinski definition) is 2. The second-order valence-corrected chi connectivity index (χ2v) is 7.71. The van der Waals surface area contributed by atoms with E-state index in [1.54, 1.807) is 6.92 Å². The molecule has 0 aromatic carbocycles. The van der Waals surface area contributed by atoms with E-state index in [-0.39, 0.29) is 20.0 Å². The first-order chi connectivity index (χ1) is 9.22. The molecule has 0 saturated heterocycles. The highest BCUT2D eigenvalue weighted by atomic mass is 79.9. The van der Waals surface area contributed by atoms with Crippen molar-refractivity contribution in [3.8, 4) is 0 Å². The van der Waals surface area contributed by atoms with Gasteiger partial charge in [-0.25, -0.2) is 13.2 Å². The van der Waals surface area contributed by atoms with Gasteiger partial charge in [-0.1, -0.05) is 6.92 Å². The smallest absolute Gasteiger partial charge is 0.348 e. The molecular formula is C10H12BrNO6S2. The summed E-state index contributed by atoms with van der Waals surface area (Å²) < 4.78 is 31.0. The van der Waals surface area contributed by atoms with Gasteiger partial charge in [0.25, 0.3) is 0 Å². The predicted octanol–water partition coefficient (Wildman–Crippen LogP) is 1.44. The number of sulfonamides is 1. The Labute approximate surface area is 128 Å². The highest BCUT2D eigenvalue weighted by Gasteiger charge is 2.28. The number of esters is 1. The van der Waals surface area contributed by atoms with E-state index in [4.69, 9.17) is 5.11 Å². The predicted molar refractivity (Wildman–Crippen MR) is 75.4 cm³/mol. The molecule has 2 N–H and O–H groups in total. The first-order valence-corrected chi connectivity index (χ1v) is 8.45. The maximum atomic E-state index is 12.1. The number of thiophene rings is 1. The third-order valence-corrected chi connectivity index (χ3v) is 6.04. The number of ether oxygens (including phenoxy) is 1. The van der Waals surface area contributed by atoms with E-state index in [2.05, 4.69) is 25.4 Å². The van der Waals surface area contributed by atoms with Crippen LogP contribution in [0.1, 0.15) is 23.0 Å². The number of nitrogens with one attached hydrogen (secondary N) is 1. The van der Waals surface area contributed by atoms with E-state index >= 15 is 0 Å². The van der Waals surface area contributed by atoms with Gasteiger partial charge in [-0.2, -0.15) is 4.72 Å². The Kier molecular flexibility index (Phi) is 5.68. The molecule has 1 unspecified atom stereocenters. The minimum atomic E-state index is -4.04. The Morgan fingerprint density at radius 1 is 1.55 bits per heavy atom. The molecule has 0 radical (unpaired) electrons. The average molecular weight is 386 g/mol. The average Bonchev–Trinajstić information content (AvgIpc) is 2.77. The molecule has 10 heteroatoms. The van der Waals surface area contributed by atoms with Crippen molar-refractivity contribution in [3.63, 3.8) is 0 Å². The Bertz CT molecular complexity index is 624. The van der Waals surface area contributed by atoms with Crippen molar-refractivity contribution in [2.75, 3.05) is 7.11 Å². The quantitative estimate of drug-likeness (QED) is 0.716. The van der Waals surface area contributed by atoms with Crippen molar-refractivity contribution in [2.24, 2.45) is 0 Å². The van der Waals surface area contributed by atoms with Crippen LogP contribution in [0.25, 0.3) is 0 Å². The van der Waals surface area contributed by atoms with Crippen molar-refractivity contribution in [3.05, 3.63) is 14.7 Å². The Morgan fingerprint density at radius 2 is 2.15 bits per heavy atom. The highest BCUT2D eigenvalue weighted by molar-refractivity contribution is 9.11. The first kappa shape index (κ1) is 17.1. The summed E-state index contributed by atoms with van der Waals surface area (Å²) in [6, 6.07) is -0.0920. The van der Waals surface area contributed by atoms with Gasteiger partial charge >= 0.3 is 11.9 Å². The number of halogens is 1. The molecule has 0 aliphatic rings. The zero-order valence-electron chi connectivity index (χ0n) is 10.5. The fourth-order valence-electron chi connectivity index (χ4n) is 1.30. The molecule has 1 rings (SSSR count). The number of carboxylic acid groups (broad SMARTS) is 1. The van der Waals surface area contributed by atoms with Crippen LogP contribution in [-0.2, 0) is 19.6 Å². The number of carboxylic acids is 1. The summed E-state index contributed by atoms with van der Waals surface area (Å²) in [5, 5.41) is 8.87. The molecule has 0 fully saturated rings. The van der Waals surface area contributed by atoms with Crippen LogP contribution >= 0.6 is 27.3 Å². The molecule has 20 heavy (non-hydrogen) atoms. The van der Waals surface area contributed by atoms with Crippen LogP contribution in [-0.4, -0.2) is 38.6 Å². The van der Waals surface area contributed by atoms with E-state index < -0.39 is 28.0 Å². The largest absolute Gasteiger partial charge is 0.480 e. The number of methoxy groups -OCH3 is 1. The van der Waals surface area contributed by atoms with E-state index in [9.17, 15) is 18.0 Å². The molecule has 0 aliphatic carbocycles. The SMILES string of the molecule is CCC(NS(=O)(=O)c1cc(C(=O)OC)sc1Br)C(=O)O. The Hall–Kier alpha value is -0.970. The number of aliphatic carboxylic acids is 1. The van der Waals surface area contributed by atoms with E-state index in [0.29, 0.717) is 0 Å². The molecule has 1 aromatic rings. The number of carbonyl (C=O) groups excluding carboxylic acids is 1. The Balaban J connectivity index is 3.13. The molecule has 0 bridgehead atoms. The lowest BCUT2D eigenvalue weighted by Gasteiger charge is -2.12. The normalized spacial score (nSPS) is 12.9. The highest BCUT2D eigenvalue weighted by Crippen LogP contribution is 2.32. The molecule has 0 aliphatic heterocycles. The molecule has 1 atom stereocenters. The summed E-state index contributed by atoms with van der Waals surface area (Å²) >= 11 is 3.94. The van der Waals surface area contributed by atoms with Crippen LogP contribution in [0.4, 0.5) is 0 Å². The molecule has 1 heterocycles. The van der Waals surface area contributed by atoms with Crippen LogP contribution in [0.2, 0.25) is 0 Å². The first-order valence-electron chi connectivity index (χ1n) is 5.35. The molecule has 0 saturated carbocycles. The lowest BCUT2D eigenvalue weighted by Crippen LogP contribution is -2.40. The van der Waals surface area contributed by atoms with E-state index in [0.717, 1.165) is 17.4 Å². The maximum Gasteiger partial charge on any atom is 0.348 e. The van der Waals surface area contributed by atoms with Gasteiger partial charge in [-0.3, -0.25) is 4.79 Å². The lowest BCUT2D eigenvalue weighted by molar-refractivity contribution is -0.139. The summed E-state index contributed by atoms with van der Waals surface area (Å²) in [5.41, 5.74) is 0. The summed E-state index contributed by atoms with van der Waals surface area (Å²) in [7, 11) is -2.86.